The molecule has 0 saturated carbocycles. The first-order valence-corrected chi connectivity index (χ1v) is 14.6. The highest BCUT2D eigenvalue weighted by Crippen LogP contribution is 2.40. The molecule has 3 aromatic heterocycles. The number of benzene rings is 1. The molecule has 1 aromatic carbocycles. The van der Waals surface area contributed by atoms with E-state index in [0.29, 0.717) is 53.8 Å². The molecule has 2 aliphatic rings. The van der Waals surface area contributed by atoms with Gasteiger partial charge < -0.3 is 14.5 Å². The van der Waals surface area contributed by atoms with E-state index in [0.717, 1.165) is 16.8 Å². The highest BCUT2D eigenvalue weighted by atomic mass is 32.2. The number of hydrogen-bond acceptors (Lipinski definition) is 8. The van der Waals surface area contributed by atoms with Gasteiger partial charge in [0, 0.05) is 50.4 Å². The van der Waals surface area contributed by atoms with Crippen LogP contribution in [0.2, 0.25) is 0 Å². The normalized spacial score (nSPS) is 15.3. The number of ether oxygens (including phenoxy) is 1. The molecule has 2 aliphatic heterocycles. The molecule has 0 N–H and O–H groups in total. The highest BCUT2D eigenvalue weighted by Gasteiger charge is 2.35. The third-order valence-electron chi connectivity index (χ3n) is 7.15. The van der Waals surface area contributed by atoms with Crippen molar-refractivity contribution in [3.63, 3.8) is 0 Å². The van der Waals surface area contributed by atoms with Crippen molar-refractivity contribution in [2.45, 2.75) is 25.6 Å². The van der Waals surface area contributed by atoms with Crippen molar-refractivity contribution >= 4 is 38.9 Å². The minimum atomic E-state index is -3.54. The van der Waals surface area contributed by atoms with Crippen molar-refractivity contribution in [3.05, 3.63) is 95.6 Å². The first-order chi connectivity index (χ1) is 19.4. The van der Waals surface area contributed by atoms with Gasteiger partial charge in [0.25, 0.3) is 5.91 Å². The van der Waals surface area contributed by atoms with Gasteiger partial charge in [-0.05, 0) is 54.4 Å². The second-order valence-electron chi connectivity index (χ2n) is 9.65. The molecule has 1 amide bonds. The van der Waals surface area contributed by atoms with E-state index in [1.807, 2.05) is 36.1 Å². The molecule has 0 bridgehead atoms. The first kappa shape index (κ1) is 25.8. The minimum Gasteiger partial charge on any atom is -0.493 e. The van der Waals surface area contributed by atoms with Crippen LogP contribution < -0.4 is 18.8 Å². The van der Waals surface area contributed by atoms with Gasteiger partial charge in [-0.15, -0.1) is 0 Å². The van der Waals surface area contributed by atoms with Crippen LogP contribution in [0.5, 0.6) is 5.75 Å². The highest BCUT2D eigenvalue weighted by molar-refractivity contribution is 7.92. The second-order valence-corrected chi connectivity index (χ2v) is 11.5. The SMILES string of the molecule is CCN1c2ncc(CCOc3cccc4c3CS(=O)(=O)N4Cc3cccnc3)cc2C(=O)N(C)c2cccnc21. The summed E-state index contributed by atoms with van der Waals surface area (Å²) in [4.78, 5) is 30.2. The van der Waals surface area contributed by atoms with Crippen molar-refractivity contribution < 1.29 is 17.9 Å². The number of sulfonamides is 1. The monoisotopic (exact) mass is 556 g/mol. The van der Waals surface area contributed by atoms with Gasteiger partial charge in [-0.1, -0.05) is 12.1 Å². The number of anilines is 4. The summed E-state index contributed by atoms with van der Waals surface area (Å²) in [6, 6.07) is 14.6. The molecule has 0 unspecified atom stereocenters. The molecule has 0 saturated heterocycles. The zero-order valence-corrected chi connectivity index (χ0v) is 23.0. The standard InChI is InChI=1S/C29H28N6O4S/c1-3-34-27-22(29(36)33(2)25-9-6-13-31-28(25)34)15-20(17-32-27)11-14-39-26-10-4-8-24-23(26)19-40(37,38)35(24)18-21-7-5-12-30-16-21/h4-10,12-13,15-17H,3,11,14,18-19H2,1-2H3. The maximum atomic E-state index is 13.4. The van der Waals surface area contributed by atoms with Gasteiger partial charge in [0.1, 0.15) is 17.3 Å². The summed E-state index contributed by atoms with van der Waals surface area (Å²) in [5, 5.41) is 0. The lowest BCUT2D eigenvalue weighted by Gasteiger charge is -2.22. The number of fused-ring (bicyclic) bond motifs is 3. The summed E-state index contributed by atoms with van der Waals surface area (Å²) in [5.74, 6) is 1.51. The number of aromatic nitrogens is 3. The fraction of sp³-hybridized carbons (Fsp3) is 0.241. The Kier molecular flexibility index (Phi) is 6.59. The molecular weight excluding hydrogens is 528 g/mol. The van der Waals surface area contributed by atoms with Crippen LogP contribution in [0, 0.1) is 0 Å². The number of nitrogens with zero attached hydrogens (tertiary/aromatic N) is 6. The van der Waals surface area contributed by atoms with E-state index in [4.69, 9.17) is 4.74 Å². The van der Waals surface area contributed by atoms with Crippen molar-refractivity contribution in [2.24, 2.45) is 0 Å². The van der Waals surface area contributed by atoms with Gasteiger partial charge in [-0.3, -0.25) is 14.1 Å². The molecule has 0 atom stereocenters. The van der Waals surface area contributed by atoms with E-state index < -0.39 is 10.0 Å². The van der Waals surface area contributed by atoms with Crippen molar-refractivity contribution in [1.29, 1.82) is 0 Å². The van der Waals surface area contributed by atoms with Gasteiger partial charge in [0.05, 0.1) is 30.1 Å². The molecule has 5 heterocycles. The average Bonchev–Trinajstić information content (AvgIpc) is 3.19. The van der Waals surface area contributed by atoms with E-state index in [2.05, 4.69) is 15.0 Å². The van der Waals surface area contributed by atoms with Crippen LogP contribution in [0.4, 0.5) is 23.0 Å². The summed E-state index contributed by atoms with van der Waals surface area (Å²) in [6.45, 7) is 3.11. The summed E-state index contributed by atoms with van der Waals surface area (Å²) < 4.78 is 33.6. The molecule has 40 heavy (non-hydrogen) atoms. The fourth-order valence-corrected chi connectivity index (χ4v) is 6.78. The van der Waals surface area contributed by atoms with Crippen molar-refractivity contribution in [1.82, 2.24) is 15.0 Å². The van der Waals surface area contributed by atoms with Crippen LogP contribution in [0.25, 0.3) is 0 Å². The van der Waals surface area contributed by atoms with E-state index in [-0.39, 0.29) is 18.2 Å². The maximum absolute atomic E-state index is 13.4. The zero-order valence-electron chi connectivity index (χ0n) is 22.2. The van der Waals surface area contributed by atoms with E-state index >= 15 is 0 Å². The lowest BCUT2D eigenvalue weighted by Crippen LogP contribution is -2.26. The summed E-state index contributed by atoms with van der Waals surface area (Å²) in [7, 11) is -1.80. The van der Waals surface area contributed by atoms with Gasteiger partial charge in [0.15, 0.2) is 5.82 Å². The minimum absolute atomic E-state index is 0.124. The lowest BCUT2D eigenvalue weighted by atomic mass is 10.1. The van der Waals surface area contributed by atoms with E-state index in [9.17, 15) is 13.2 Å². The third-order valence-corrected chi connectivity index (χ3v) is 8.80. The Labute approximate surface area is 232 Å². The van der Waals surface area contributed by atoms with Crippen LogP contribution in [-0.2, 0) is 28.7 Å². The number of rotatable bonds is 7. The molecule has 204 valence electrons. The molecule has 0 aliphatic carbocycles. The number of amides is 1. The molecule has 4 aromatic rings. The molecular formula is C29H28N6O4S. The van der Waals surface area contributed by atoms with Crippen LogP contribution in [-0.4, -0.2) is 49.5 Å². The van der Waals surface area contributed by atoms with Gasteiger partial charge in [-0.25, -0.2) is 18.4 Å². The average molecular weight is 557 g/mol. The molecule has 6 rings (SSSR count). The topological polar surface area (TPSA) is 109 Å². The van der Waals surface area contributed by atoms with Crippen molar-refractivity contribution in [3.8, 4) is 5.75 Å². The van der Waals surface area contributed by atoms with Crippen LogP contribution in [0.1, 0.15) is 34.0 Å². The largest absolute Gasteiger partial charge is 0.493 e. The Morgan fingerprint density at radius 3 is 2.58 bits per heavy atom. The molecule has 0 spiro atoms. The van der Waals surface area contributed by atoms with Crippen LogP contribution in [0.15, 0.2) is 73.3 Å². The Morgan fingerprint density at radius 1 is 0.950 bits per heavy atom. The predicted octanol–water partition coefficient (Wildman–Crippen LogP) is 4.09. The smallest absolute Gasteiger partial charge is 0.261 e. The van der Waals surface area contributed by atoms with E-state index in [1.54, 1.807) is 61.0 Å². The fourth-order valence-electron chi connectivity index (χ4n) is 5.16. The van der Waals surface area contributed by atoms with Crippen molar-refractivity contribution in [2.75, 3.05) is 34.3 Å². The Bertz CT molecular complexity index is 1700. The Balaban J connectivity index is 1.21. The number of carbonyl (C=O) groups excluding carboxylic acids is 1. The summed E-state index contributed by atoms with van der Waals surface area (Å²) in [6.07, 6.45) is 7.28. The molecule has 11 heteroatoms. The molecule has 10 nitrogen and oxygen atoms in total. The second kappa shape index (κ2) is 10.2. The van der Waals surface area contributed by atoms with Crippen LogP contribution in [0.3, 0.4) is 0 Å². The van der Waals surface area contributed by atoms with Gasteiger partial charge in [-0.2, -0.15) is 0 Å². The summed E-state index contributed by atoms with van der Waals surface area (Å²) in [5.41, 5.74) is 4.14. The first-order valence-electron chi connectivity index (χ1n) is 13.0. The molecule has 0 fully saturated rings. The number of carbonyl (C=O) groups is 1. The quantitative estimate of drug-likeness (QED) is 0.335. The maximum Gasteiger partial charge on any atom is 0.261 e. The predicted molar refractivity (Wildman–Crippen MR) is 153 cm³/mol. The third kappa shape index (κ3) is 4.51. The van der Waals surface area contributed by atoms with E-state index in [1.165, 1.54) is 4.31 Å². The summed E-state index contributed by atoms with van der Waals surface area (Å²) >= 11 is 0. The van der Waals surface area contributed by atoms with Gasteiger partial charge in [0.2, 0.25) is 10.0 Å². The zero-order chi connectivity index (χ0) is 27.9. The number of pyridine rings is 3. The molecule has 0 radical (unpaired) electrons. The Morgan fingerprint density at radius 2 is 1.77 bits per heavy atom. The van der Waals surface area contributed by atoms with Crippen LogP contribution >= 0.6 is 0 Å². The Hall–Kier alpha value is -4.51. The number of hydrogen-bond donors (Lipinski definition) is 0. The lowest BCUT2D eigenvalue weighted by molar-refractivity contribution is 0.0994. The van der Waals surface area contributed by atoms with Gasteiger partial charge >= 0.3 is 0 Å².